The number of carboxylic acid groups (broad SMARTS) is 1. The average molecular weight is 245 g/mol. The second-order valence-corrected chi connectivity index (χ2v) is 4.71. The number of rotatable bonds is 3. The minimum Gasteiger partial charge on any atom is -0.478 e. The molecule has 0 saturated heterocycles. The molecule has 2 aromatic rings. The third-order valence-electron chi connectivity index (χ3n) is 3.09. The fraction of sp³-hybridized carbons (Fsp3) is 0.286. The van der Waals surface area contributed by atoms with Crippen molar-refractivity contribution in [3.63, 3.8) is 0 Å². The largest absolute Gasteiger partial charge is 0.478 e. The van der Waals surface area contributed by atoms with Crippen molar-refractivity contribution in [3.05, 3.63) is 35.0 Å². The van der Waals surface area contributed by atoms with E-state index in [-0.39, 0.29) is 17.3 Å². The van der Waals surface area contributed by atoms with Gasteiger partial charge in [-0.05, 0) is 30.5 Å². The summed E-state index contributed by atoms with van der Waals surface area (Å²) in [5.74, 6) is -0.847. The number of hydrogen-bond donors (Lipinski definition) is 2. The molecule has 0 atom stereocenters. The number of aromatic nitrogens is 1. The van der Waals surface area contributed by atoms with Gasteiger partial charge in [0.1, 0.15) is 0 Å². The molecule has 0 saturated carbocycles. The SMILES string of the molecule is CC(=O)c1c[nH]c2c(C(=O)O)cc(C(C)C)cc12. The van der Waals surface area contributed by atoms with Crippen molar-refractivity contribution in [1.29, 1.82) is 0 Å². The molecule has 0 amide bonds. The van der Waals surface area contributed by atoms with Gasteiger partial charge >= 0.3 is 5.97 Å². The highest BCUT2D eigenvalue weighted by Gasteiger charge is 2.17. The van der Waals surface area contributed by atoms with Gasteiger partial charge in [-0.1, -0.05) is 13.8 Å². The minimum atomic E-state index is -0.987. The molecule has 4 nitrogen and oxygen atoms in total. The van der Waals surface area contributed by atoms with E-state index < -0.39 is 5.97 Å². The van der Waals surface area contributed by atoms with Gasteiger partial charge in [0.25, 0.3) is 0 Å². The van der Waals surface area contributed by atoms with Crippen LogP contribution in [0.5, 0.6) is 0 Å². The topological polar surface area (TPSA) is 70.2 Å². The molecule has 94 valence electrons. The summed E-state index contributed by atoms with van der Waals surface area (Å²) in [6, 6.07) is 3.55. The lowest BCUT2D eigenvalue weighted by Crippen LogP contribution is -2.01. The number of Topliss-reactive ketones (excluding diaryl/α,β-unsaturated/α-hetero) is 1. The second kappa shape index (κ2) is 4.29. The molecule has 1 heterocycles. The quantitative estimate of drug-likeness (QED) is 0.816. The maximum atomic E-state index is 11.5. The molecule has 2 rings (SSSR count). The number of carboxylic acids is 1. The number of ketones is 1. The lowest BCUT2D eigenvalue weighted by atomic mass is 9.96. The molecular formula is C14H15NO3. The van der Waals surface area contributed by atoms with E-state index in [0.717, 1.165) is 5.56 Å². The van der Waals surface area contributed by atoms with E-state index in [4.69, 9.17) is 0 Å². The Balaban J connectivity index is 2.83. The van der Waals surface area contributed by atoms with Crippen LogP contribution in [0.2, 0.25) is 0 Å². The molecule has 0 unspecified atom stereocenters. The molecule has 2 N–H and O–H groups in total. The first-order chi connectivity index (χ1) is 8.41. The number of aromatic carboxylic acids is 1. The van der Waals surface area contributed by atoms with Crippen LogP contribution in [-0.2, 0) is 0 Å². The van der Waals surface area contributed by atoms with E-state index in [9.17, 15) is 14.7 Å². The highest BCUT2D eigenvalue weighted by molar-refractivity contribution is 6.11. The van der Waals surface area contributed by atoms with Gasteiger partial charge in [-0.3, -0.25) is 4.79 Å². The summed E-state index contributed by atoms with van der Waals surface area (Å²) in [6.07, 6.45) is 1.57. The summed E-state index contributed by atoms with van der Waals surface area (Å²) < 4.78 is 0. The van der Waals surface area contributed by atoms with Gasteiger partial charge in [-0.15, -0.1) is 0 Å². The molecule has 1 aromatic carbocycles. The Bertz CT molecular complexity index is 638. The van der Waals surface area contributed by atoms with Crippen LogP contribution in [0.3, 0.4) is 0 Å². The van der Waals surface area contributed by atoms with Gasteiger partial charge in [0.15, 0.2) is 5.78 Å². The van der Waals surface area contributed by atoms with Crippen molar-refractivity contribution in [2.24, 2.45) is 0 Å². The van der Waals surface area contributed by atoms with Crippen LogP contribution in [0.1, 0.15) is 53.0 Å². The number of hydrogen-bond acceptors (Lipinski definition) is 2. The molecule has 1 aromatic heterocycles. The summed E-state index contributed by atoms with van der Waals surface area (Å²) in [6.45, 7) is 5.46. The number of nitrogens with one attached hydrogen (secondary N) is 1. The van der Waals surface area contributed by atoms with Crippen molar-refractivity contribution in [2.75, 3.05) is 0 Å². The first kappa shape index (κ1) is 12.4. The van der Waals surface area contributed by atoms with Gasteiger partial charge in [-0.2, -0.15) is 0 Å². The number of carbonyl (C=O) groups is 2. The lowest BCUT2D eigenvalue weighted by Gasteiger charge is -2.08. The van der Waals surface area contributed by atoms with Crippen molar-refractivity contribution >= 4 is 22.7 Å². The van der Waals surface area contributed by atoms with Crippen LogP contribution in [0, 0.1) is 0 Å². The molecule has 0 bridgehead atoms. The van der Waals surface area contributed by atoms with E-state index in [1.807, 2.05) is 19.9 Å². The zero-order chi connectivity index (χ0) is 13.4. The molecule has 0 aliphatic carbocycles. The van der Waals surface area contributed by atoms with Crippen LogP contribution in [0.25, 0.3) is 10.9 Å². The zero-order valence-electron chi connectivity index (χ0n) is 10.6. The summed E-state index contributed by atoms with van der Waals surface area (Å²) in [5, 5.41) is 9.92. The number of fused-ring (bicyclic) bond motifs is 1. The van der Waals surface area contributed by atoms with Crippen LogP contribution in [0.15, 0.2) is 18.3 Å². The third-order valence-corrected chi connectivity index (χ3v) is 3.09. The Kier molecular flexibility index (Phi) is 2.95. The Morgan fingerprint density at radius 1 is 1.22 bits per heavy atom. The summed E-state index contributed by atoms with van der Waals surface area (Å²) in [5.41, 5.74) is 2.18. The fourth-order valence-corrected chi connectivity index (χ4v) is 2.05. The maximum Gasteiger partial charge on any atom is 0.337 e. The average Bonchev–Trinajstić information content (AvgIpc) is 2.70. The summed E-state index contributed by atoms with van der Waals surface area (Å²) in [4.78, 5) is 25.7. The lowest BCUT2D eigenvalue weighted by molar-refractivity contribution is 0.0698. The Morgan fingerprint density at radius 2 is 1.89 bits per heavy atom. The molecular weight excluding hydrogens is 230 g/mol. The van der Waals surface area contributed by atoms with Crippen LogP contribution in [-0.4, -0.2) is 21.8 Å². The molecule has 0 aliphatic rings. The van der Waals surface area contributed by atoms with E-state index >= 15 is 0 Å². The highest BCUT2D eigenvalue weighted by atomic mass is 16.4. The summed E-state index contributed by atoms with van der Waals surface area (Å²) >= 11 is 0. The van der Waals surface area contributed by atoms with Gasteiger partial charge in [0.05, 0.1) is 11.1 Å². The minimum absolute atomic E-state index is 0.0708. The van der Waals surface area contributed by atoms with Crippen LogP contribution in [0.4, 0.5) is 0 Å². The van der Waals surface area contributed by atoms with Gasteiger partial charge in [-0.25, -0.2) is 4.79 Å². The van der Waals surface area contributed by atoms with Crippen LogP contribution < -0.4 is 0 Å². The fourth-order valence-electron chi connectivity index (χ4n) is 2.05. The van der Waals surface area contributed by atoms with Gasteiger partial charge < -0.3 is 10.1 Å². The molecule has 0 radical (unpaired) electrons. The van der Waals surface area contributed by atoms with Crippen molar-refractivity contribution in [2.45, 2.75) is 26.7 Å². The molecule has 0 aliphatic heterocycles. The number of aromatic amines is 1. The van der Waals surface area contributed by atoms with E-state index in [1.165, 1.54) is 6.92 Å². The van der Waals surface area contributed by atoms with E-state index in [0.29, 0.717) is 16.5 Å². The van der Waals surface area contributed by atoms with E-state index in [1.54, 1.807) is 12.3 Å². The second-order valence-electron chi connectivity index (χ2n) is 4.71. The first-order valence-corrected chi connectivity index (χ1v) is 5.81. The highest BCUT2D eigenvalue weighted by Crippen LogP contribution is 2.27. The Labute approximate surface area is 105 Å². The van der Waals surface area contributed by atoms with Crippen LogP contribution >= 0.6 is 0 Å². The molecule has 4 heteroatoms. The first-order valence-electron chi connectivity index (χ1n) is 5.81. The Hall–Kier alpha value is -2.10. The predicted molar refractivity (Wildman–Crippen MR) is 69.4 cm³/mol. The molecule has 0 fully saturated rings. The van der Waals surface area contributed by atoms with Crippen molar-refractivity contribution in [1.82, 2.24) is 4.98 Å². The van der Waals surface area contributed by atoms with Crippen molar-refractivity contribution in [3.8, 4) is 0 Å². The van der Waals surface area contributed by atoms with E-state index in [2.05, 4.69) is 4.98 Å². The maximum absolute atomic E-state index is 11.5. The standard InChI is InChI=1S/C14H15NO3/c1-7(2)9-4-10-12(8(3)16)6-15-13(10)11(5-9)14(17)18/h4-7,15H,1-3H3,(H,17,18). The number of carbonyl (C=O) groups excluding carboxylic acids is 1. The summed E-state index contributed by atoms with van der Waals surface area (Å²) in [7, 11) is 0. The number of benzene rings is 1. The predicted octanol–water partition coefficient (Wildman–Crippen LogP) is 3.19. The Morgan fingerprint density at radius 3 is 2.39 bits per heavy atom. The number of H-pyrrole nitrogens is 1. The smallest absolute Gasteiger partial charge is 0.337 e. The molecule has 0 spiro atoms. The zero-order valence-corrected chi connectivity index (χ0v) is 10.6. The van der Waals surface area contributed by atoms with Gasteiger partial charge in [0, 0.05) is 17.1 Å². The molecule has 18 heavy (non-hydrogen) atoms. The van der Waals surface area contributed by atoms with Crippen molar-refractivity contribution < 1.29 is 14.7 Å². The normalized spacial score (nSPS) is 11.1. The van der Waals surface area contributed by atoms with Gasteiger partial charge in [0.2, 0.25) is 0 Å². The third kappa shape index (κ3) is 1.90. The monoisotopic (exact) mass is 245 g/mol.